The first-order valence-electron chi connectivity index (χ1n) is 4.10. The van der Waals surface area contributed by atoms with Gasteiger partial charge < -0.3 is 5.32 Å². The fourth-order valence-electron chi connectivity index (χ4n) is 1.25. The van der Waals surface area contributed by atoms with Gasteiger partial charge in [-0.05, 0) is 12.8 Å². The summed E-state index contributed by atoms with van der Waals surface area (Å²) in [6.07, 6.45) is 1.99. The molecule has 0 aromatic heterocycles. The molecular formula is C8H14ClNOS. The van der Waals surface area contributed by atoms with E-state index in [2.05, 4.69) is 11.9 Å². The second kappa shape index (κ2) is 5.00. The normalized spacial score (nSPS) is 30.1. The molecule has 2 nitrogen and oxygen atoms in total. The predicted molar refractivity (Wildman–Crippen MR) is 53.9 cm³/mol. The van der Waals surface area contributed by atoms with Crippen molar-refractivity contribution < 1.29 is 4.21 Å². The molecule has 0 saturated carbocycles. The van der Waals surface area contributed by atoms with Gasteiger partial charge in [-0.2, -0.15) is 0 Å². The summed E-state index contributed by atoms with van der Waals surface area (Å²) in [6, 6.07) is 0.484. The molecule has 0 unspecified atom stereocenters. The van der Waals surface area contributed by atoms with Crippen LogP contribution in [0.1, 0.15) is 12.8 Å². The van der Waals surface area contributed by atoms with Gasteiger partial charge in [0.05, 0.1) is 0 Å². The lowest BCUT2D eigenvalue weighted by Crippen LogP contribution is -2.36. The first-order chi connectivity index (χ1) is 5.68. The lowest BCUT2D eigenvalue weighted by atomic mass is 10.1. The maximum absolute atomic E-state index is 11.0. The third kappa shape index (κ3) is 3.70. The summed E-state index contributed by atoms with van der Waals surface area (Å²) in [6.45, 7) is 4.26. The summed E-state index contributed by atoms with van der Waals surface area (Å²) in [5.74, 6) is 1.65. The molecule has 0 radical (unpaired) electrons. The van der Waals surface area contributed by atoms with Crippen molar-refractivity contribution in [3.8, 4) is 0 Å². The molecule has 12 heavy (non-hydrogen) atoms. The third-order valence-corrected chi connectivity index (χ3v) is 3.49. The van der Waals surface area contributed by atoms with Crippen LogP contribution in [-0.4, -0.2) is 28.3 Å². The zero-order valence-electron chi connectivity index (χ0n) is 7.01. The Hall–Kier alpha value is 0.140. The minimum Gasteiger partial charge on any atom is -0.309 e. The standard InChI is InChI=1S/C8H14ClNOS/c1-7(9)6-10-8-2-4-12(11)5-3-8/h8,10H,1-6H2. The van der Waals surface area contributed by atoms with Gasteiger partial charge in [0.1, 0.15) is 0 Å². The first kappa shape index (κ1) is 10.2. The van der Waals surface area contributed by atoms with E-state index in [1.807, 2.05) is 0 Å². The van der Waals surface area contributed by atoms with Crippen LogP contribution in [-0.2, 0) is 10.8 Å². The monoisotopic (exact) mass is 207 g/mol. The van der Waals surface area contributed by atoms with Gasteiger partial charge in [0, 0.05) is 39.9 Å². The lowest BCUT2D eigenvalue weighted by Gasteiger charge is -2.22. The van der Waals surface area contributed by atoms with E-state index in [1.165, 1.54) is 0 Å². The third-order valence-electron chi connectivity index (χ3n) is 1.97. The molecule has 0 aromatic carbocycles. The van der Waals surface area contributed by atoms with Crippen LogP contribution < -0.4 is 5.32 Å². The van der Waals surface area contributed by atoms with Crippen molar-refractivity contribution in [2.24, 2.45) is 0 Å². The molecule has 1 N–H and O–H groups in total. The molecule has 0 bridgehead atoms. The highest BCUT2D eigenvalue weighted by atomic mass is 35.5. The van der Waals surface area contributed by atoms with E-state index >= 15 is 0 Å². The van der Waals surface area contributed by atoms with E-state index in [1.54, 1.807) is 0 Å². The van der Waals surface area contributed by atoms with Gasteiger partial charge in [-0.1, -0.05) is 18.2 Å². The van der Waals surface area contributed by atoms with Crippen molar-refractivity contribution in [3.63, 3.8) is 0 Å². The number of hydrogen-bond acceptors (Lipinski definition) is 2. The van der Waals surface area contributed by atoms with Crippen LogP contribution in [0.3, 0.4) is 0 Å². The largest absolute Gasteiger partial charge is 0.309 e. The Labute approximate surface area is 80.8 Å². The smallest absolute Gasteiger partial charge is 0.0310 e. The predicted octanol–water partition coefficient (Wildman–Crippen LogP) is 1.24. The van der Waals surface area contributed by atoms with Crippen LogP contribution in [0.2, 0.25) is 0 Å². The summed E-state index contributed by atoms with van der Waals surface area (Å²) in [5.41, 5.74) is 0. The van der Waals surface area contributed by atoms with Crippen LogP contribution in [0, 0.1) is 0 Å². The zero-order valence-corrected chi connectivity index (χ0v) is 8.59. The number of rotatable bonds is 3. The summed E-state index contributed by atoms with van der Waals surface area (Å²) < 4.78 is 11.0. The van der Waals surface area contributed by atoms with Crippen molar-refractivity contribution in [1.29, 1.82) is 0 Å². The highest BCUT2D eigenvalue weighted by Gasteiger charge is 2.16. The highest BCUT2D eigenvalue weighted by Crippen LogP contribution is 2.09. The number of hydrogen-bond donors (Lipinski definition) is 1. The number of halogens is 1. The van der Waals surface area contributed by atoms with Gasteiger partial charge >= 0.3 is 0 Å². The van der Waals surface area contributed by atoms with Gasteiger partial charge in [-0.25, -0.2) is 0 Å². The molecule has 0 spiro atoms. The maximum atomic E-state index is 11.0. The first-order valence-corrected chi connectivity index (χ1v) is 5.96. The van der Waals surface area contributed by atoms with E-state index in [-0.39, 0.29) is 0 Å². The molecule has 4 heteroatoms. The van der Waals surface area contributed by atoms with Crippen LogP contribution in [0.25, 0.3) is 0 Å². The van der Waals surface area contributed by atoms with Crippen LogP contribution in [0.5, 0.6) is 0 Å². The molecule has 1 aliphatic heterocycles. The Morgan fingerprint density at radius 2 is 2.17 bits per heavy atom. The molecule has 1 fully saturated rings. The van der Waals surface area contributed by atoms with Gasteiger partial charge in [0.25, 0.3) is 0 Å². The molecule has 1 rings (SSSR count). The maximum Gasteiger partial charge on any atom is 0.0310 e. The SMILES string of the molecule is C=C(Cl)CNC1CCS(=O)CC1. The molecule has 0 aliphatic carbocycles. The van der Waals surface area contributed by atoms with Crippen molar-refractivity contribution in [1.82, 2.24) is 5.32 Å². The van der Waals surface area contributed by atoms with E-state index in [0.29, 0.717) is 17.6 Å². The average molecular weight is 208 g/mol. The van der Waals surface area contributed by atoms with Crippen molar-refractivity contribution >= 4 is 22.4 Å². The Bertz CT molecular complexity index is 185. The van der Waals surface area contributed by atoms with Crippen molar-refractivity contribution in [2.75, 3.05) is 18.1 Å². The molecule has 0 amide bonds. The van der Waals surface area contributed by atoms with E-state index < -0.39 is 10.8 Å². The molecule has 0 atom stereocenters. The summed E-state index contributed by atoms with van der Waals surface area (Å²) in [5, 5.41) is 3.92. The molecule has 70 valence electrons. The number of nitrogens with one attached hydrogen (secondary N) is 1. The Morgan fingerprint density at radius 3 is 2.67 bits per heavy atom. The van der Waals surface area contributed by atoms with E-state index in [9.17, 15) is 4.21 Å². The quantitative estimate of drug-likeness (QED) is 0.755. The van der Waals surface area contributed by atoms with Crippen LogP contribution in [0.4, 0.5) is 0 Å². The Kier molecular flexibility index (Phi) is 4.26. The van der Waals surface area contributed by atoms with Crippen molar-refractivity contribution in [2.45, 2.75) is 18.9 Å². The molecule has 1 saturated heterocycles. The second-order valence-electron chi connectivity index (χ2n) is 3.02. The van der Waals surface area contributed by atoms with E-state index in [0.717, 1.165) is 24.3 Å². The zero-order chi connectivity index (χ0) is 8.97. The topological polar surface area (TPSA) is 29.1 Å². The summed E-state index contributed by atoms with van der Waals surface area (Å²) >= 11 is 5.61. The molecule has 1 heterocycles. The minimum absolute atomic E-state index is 0.484. The fraction of sp³-hybridized carbons (Fsp3) is 0.750. The summed E-state index contributed by atoms with van der Waals surface area (Å²) in [7, 11) is -0.571. The highest BCUT2D eigenvalue weighted by molar-refractivity contribution is 7.85. The van der Waals surface area contributed by atoms with Gasteiger partial charge in [-0.15, -0.1) is 0 Å². The Morgan fingerprint density at radius 1 is 1.58 bits per heavy atom. The van der Waals surface area contributed by atoms with Crippen LogP contribution in [0.15, 0.2) is 11.6 Å². The second-order valence-corrected chi connectivity index (χ2v) is 5.25. The van der Waals surface area contributed by atoms with Crippen LogP contribution >= 0.6 is 11.6 Å². The Balaban J connectivity index is 2.17. The summed E-state index contributed by atoms with van der Waals surface area (Å²) in [4.78, 5) is 0. The van der Waals surface area contributed by atoms with Crippen molar-refractivity contribution in [3.05, 3.63) is 11.6 Å². The molecule has 0 aromatic rings. The fourth-order valence-corrected chi connectivity index (χ4v) is 2.63. The lowest BCUT2D eigenvalue weighted by molar-refractivity contribution is 0.498. The van der Waals surface area contributed by atoms with E-state index in [4.69, 9.17) is 11.6 Å². The molecule has 1 aliphatic rings. The minimum atomic E-state index is -0.571. The van der Waals surface area contributed by atoms with Gasteiger partial charge in [0.15, 0.2) is 0 Å². The molecular weight excluding hydrogens is 194 g/mol. The average Bonchev–Trinajstić information content (AvgIpc) is 2.03. The van der Waals surface area contributed by atoms with Gasteiger partial charge in [0.2, 0.25) is 0 Å². The van der Waals surface area contributed by atoms with Gasteiger partial charge in [-0.3, -0.25) is 4.21 Å².